The zero-order valence-corrected chi connectivity index (χ0v) is 21.0. The maximum Gasteiger partial charge on any atom is 0.235 e. The Morgan fingerprint density at radius 3 is 2.33 bits per heavy atom. The molecule has 0 unspecified atom stereocenters. The highest BCUT2D eigenvalue weighted by Crippen LogP contribution is 2.33. The van der Waals surface area contributed by atoms with Gasteiger partial charge in [-0.25, -0.2) is 13.8 Å². The number of piperazine rings is 1. The molecule has 3 heterocycles. The Hall–Kier alpha value is -4.72. The summed E-state index contributed by atoms with van der Waals surface area (Å²) in [6.07, 6.45) is 1.81. The van der Waals surface area contributed by atoms with Crippen molar-refractivity contribution in [1.82, 2.24) is 4.98 Å². The molecule has 0 radical (unpaired) electrons. The molecule has 6 nitrogen and oxygen atoms in total. The van der Waals surface area contributed by atoms with Crippen molar-refractivity contribution in [2.75, 3.05) is 36.0 Å². The molecular weight excluding hydrogens is 500 g/mol. The van der Waals surface area contributed by atoms with Crippen molar-refractivity contribution in [2.24, 2.45) is 0 Å². The van der Waals surface area contributed by atoms with E-state index in [9.17, 15) is 13.6 Å². The highest BCUT2D eigenvalue weighted by molar-refractivity contribution is 5.82. The number of benzene rings is 3. The quantitative estimate of drug-likeness (QED) is 0.270. The molecule has 1 aliphatic rings. The van der Waals surface area contributed by atoms with Gasteiger partial charge >= 0.3 is 0 Å². The summed E-state index contributed by atoms with van der Waals surface area (Å²) in [7, 11) is 0. The van der Waals surface area contributed by atoms with Gasteiger partial charge in [0.15, 0.2) is 5.76 Å². The maximum atomic E-state index is 14.2. The van der Waals surface area contributed by atoms with Gasteiger partial charge < -0.3 is 19.0 Å². The molecule has 1 fully saturated rings. The number of aromatic nitrogens is 1. The molecule has 0 amide bonds. The fraction of sp³-hybridized carbons (Fsp3) is 0.161. The molecule has 0 saturated carbocycles. The van der Waals surface area contributed by atoms with E-state index in [4.69, 9.17) is 9.15 Å². The second-order valence-corrected chi connectivity index (χ2v) is 9.32. The second kappa shape index (κ2) is 10.6. The van der Waals surface area contributed by atoms with Crippen LogP contribution in [-0.4, -0.2) is 31.2 Å². The number of hydrogen-bond acceptors (Lipinski definition) is 6. The second-order valence-electron chi connectivity index (χ2n) is 9.32. The monoisotopic (exact) mass is 525 g/mol. The molecule has 0 N–H and O–H groups in total. The van der Waals surface area contributed by atoms with Crippen LogP contribution < -0.4 is 20.0 Å². The third kappa shape index (κ3) is 5.05. The van der Waals surface area contributed by atoms with Crippen LogP contribution >= 0.6 is 0 Å². The molecule has 0 aliphatic carbocycles. The molecule has 2 aromatic heterocycles. The average molecular weight is 526 g/mol. The molecular formula is C31H25F2N3O3. The van der Waals surface area contributed by atoms with E-state index in [0.29, 0.717) is 16.5 Å². The minimum Gasteiger partial charge on any atom is -0.481 e. The summed E-state index contributed by atoms with van der Waals surface area (Å²) < 4.78 is 39.6. The first-order valence-corrected chi connectivity index (χ1v) is 12.7. The van der Waals surface area contributed by atoms with E-state index in [1.807, 2.05) is 42.5 Å². The molecule has 0 atom stereocenters. The van der Waals surface area contributed by atoms with Gasteiger partial charge in [-0.2, -0.15) is 0 Å². The van der Waals surface area contributed by atoms with Crippen LogP contribution in [0.5, 0.6) is 5.75 Å². The summed E-state index contributed by atoms with van der Waals surface area (Å²) in [5.74, 6) is -0.205. The fourth-order valence-corrected chi connectivity index (χ4v) is 4.79. The summed E-state index contributed by atoms with van der Waals surface area (Å²) in [6.45, 7) is 3.16. The van der Waals surface area contributed by atoms with Crippen molar-refractivity contribution in [2.45, 2.75) is 6.61 Å². The Morgan fingerprint density at radius 2 is 1.59 bits per heavy atom. The third-order valence-corrected chi connectivity index (χ3v) is 6.89. The zero-order chi connectivity index (χ0) is 26.8. The number of anilines is 2. The van der Waals surface area contributed by atoms with E-state index in [2.05, 4.69) is 14.8 Å². The number of pyridine rings is 1. The van der Waals surface area contributed by atoms with Crippen LogP contribution in [0.3, 0.4) is 0 Å². The lowest BCUT2D eigenvalue weighted by atomic mass is 10.1. The van der Waals surface area contributed by atoms with Crippen molar-refractivity contribution in [3.63, 3.8) is 0 Å². The predicted molar refractivity (Wildman–Crippen MR) is 147 cm³/mol. The molecule has 6 rings (SSSR count). The van der Waals surface area contributed by atoms with Gasteiger partial charge in [0, 0.05) is 55.3 Å². The van der Waals surface area contributed by atoms with Gasteiger partial charge in [0.25, 0.3) is 0 Å². The van der Waals surface area contributed by atoms with Crippen molar-refractivity contribution in [3.05, 3.63) is 119 Å². The number of fused-ring (bicyclic) bond motifs is 1. The fourth-order valence-electron chi connectivity index (χ4n) is 4.79. The van der Waals surface area contributed by atoms with Gasteiger partial charge in [0.2, 0.25) is 11.2 Å². The van der Waals surface area contributed by atoms with Crippen LogP contribution in [0.25, 0.3) is 22.3 Å². The number of hydrogen-bond donors (Lipinski definition) is 0. The number of ether oxygens (including phenoxy) is 1. The van der Waals surface area contributed by atoms with Crippen molar-refractivity contribution < 1.29 is 17.9 Å². The molecule has 8 heteroatoms. The van der Waals surface area contributed by atoms with Gasteiger partial charge in [-0.3, -0.25) is 4.79 Å². The summed E-state index contributed by atoms with van der Waals surface area (Å²) in [5.41, 5.74) is 1.91. The minimum absolute atomic E-state index is 0.0193. The van der Waals surface area contributed by atoms with Gasteiger partial charge in [-0.05, 0) is 60.7 Å². The lowest BCUT2D eigenvalue weighted by molar-refractivity contribution is 0.291. The minimum atomic E-state index is -0.741. The molecule has 39 heavy (non-hydrogen) atoms. The zero-order valence-electron chi connectivity index (χ0n) is 21.0. The first-order valence-electron chi connectivity index (χ1n) is 12.7. The van der Waals surface area contributed by atoms with Gasteiger partial charge in [-0.15, -0.1) is 0 Å². The van der Waals surface area contributed by atoms with Crippen LogP contribution in [0.15, 0.2) is 100 Å². The highest BCUT2D eigenvalue weighted by atomic mass is 19.1. The Kier molecular flexibility index (Phi) is 6.67. The van der Waals surface area contributed by atoms with Crippen LogP contribution in [0.1, 0.15) is 5.56 Å². The summed E-state index contributed by atoms with van der Waals surface area (Å²) in [6, 6.07) is 23.8. The van der Waals surface area contributed by atoms with Crippen molar-refractivity contribution in [1.29, 1.82) is 0 Å². The summed E-state index contributed by atoms with van der Waals surface area (Å²) in [4.78, 5) is 22.4. The summed E-state index contributed by atoms with van der Waals surface area (Å²) >= 11 is 0. The van der Waals surface area contributed by atoms with Crippen molar-refractivity contribution in [3.8, 4) is 17.1 Å². The van der Waals surface area contributed by atoms with E-state index >= 15 is 0 Å². The van der Waals surface area contributed by atoms with Crippen LogP contribution in [0.2, 0.25) is 0 Å². The molecule has 0 bridgehead atoms. The number of para-hydroxylation sites is 1. The lowest BCUT2D eigenvalue weighted by Gasteiger charge is -2.36. The maximum absolute atomic E-state index is 14.2. The standard InChI is InChI=1S/C31H25F2N3O3/c32-23-11-8-22(26(33)19-23)20-38-31-29(37)25-5-1-2-6-27(25)39-30(31)21-9-12-24(13-10-21)35-15-17-36(18-16-35)28-7-3-4-14-34-28/h1-14,19H,15-18,20H2. The number of rotatable bonds is 6. The SMILES string of the molecule is O=c1c(OCc2ccc(F)cc2F)c(-c2ccc(N3CCN(c4ccccn4)CC3)cc2)oc2ccccc12. The Balaban J connectivity index is 1.27. The number of halogens is 2. The Morgan fingerprint density at radius 1 is 0.846 bits per heavy atom. The van der Waals surface area contributed by atoms with Crippen LogP contribution in [-0.2, 0) is 6.61 Å². The first-order chi connectivity index (χ1) is 19.1. The van der Waals surface area contributed by atoms with E-state index in [1.165, 1.54) is 6.07 Å². The van der Waals surface area contributed by atoms with Gasteiger partial charge in [0.05, 0.1) is 5.39 Å². The van der Waals surface area contributed by atoms with E-state index in [1.54, 1.807) is 30.5 Å². The lowest BCUT2D eigenvalue weighted by Crippen LogP contribution is -2.46. The highest BCUT2D eigenvalue weighted by Gasteiger charge is 2.21. The Labute approximate surface area is 223 Å². The van der Waals surface area contributed by atoms with Gasteiger partial charge in [0.1, 0.15) is 29.6 Å². The van der Waals surface area contributed by atoms with E-state index in [0.717, 1.165) is 49.8 Å². The predicted octanol–water partition coefficient (Wildman–Crippen LogP) is 6.04. The topological polar surface area (TPSA) is 58.8 Å². The molecule has 5 aromatic rings. The van der Waals surface area contributed by atoms with Crippen LogP contribution in [0.4, 0.5) is 20.3 Å². The molecule has 1 aliphatic heterocycles. The normalized spacial score (nSPS) is 13.6. The smallest absolute Gasteiger partial charge is 0.235 e. The van der Waals surface area contributed by atoms with Gasteiger partial charge in [-0.1, -0.05) is 18.2 Å². The third-order valence-electron chi connectivity index (χ3n) is 6.89. The number of nitrogens with zero attached hydrogens (tertiary/aromatic N) is 3. The summed E-state index contributed by atoms with van der Waals surface area (Å²) in [5, 5.41) is 0.359. The van der Waals surface area contributed by atoms with E-state index in [-0.39, 0.29) is 29.1 Å². The van der Waals surface area contributed by atoms with E-state index < -0.39 is 11.6 Å². The molecule has 0 spiro atoms. The molecule has 3 aromatic carbocycles. The Bertz CT molecular complexity index is 1670. The van der Waals surface area contributed by atoms with Crippen LogP contribution in [0, 0.1) is 11.6 Å². The van der Waals surface area contributed by atoms with Crippen molar-refractivity contribution >= 4 is 22.5 Å². The first kappa shape index (κ1) is 24.6. The molecule has 196 valence electrons. The average Bonchev–Trinajstić information content (AvgIpc) is 2.98. The largest absolute Gasteiger partial charge is 0.481 e. The molecule has 1 saturated heterocycles.